The fraction of sp³-hybridized carbons (Fsp3) is 0.214. The van der Waals surface area contributed by atoms with E-state index in [0.29, 0.717) is 6.54 Å². The maximum Gasteiger partial charge on any atom is 0.238 e. The second-order valence-corrected chi connectivity index (χ2v) is 4.17. The SMILES string of the molecule is Cc1cnc(CNCC(=O)Nc2ccccc2)cn1. The van der Waals surface area contributed by atoms with Gasteiger partial charge in [-0.15, -0.1) is 0 Å². The van der Waals surface area contributed by atoms with Gasteiger partial charge in [0.1, 0.15) is 0 Å². The van der Waals surface area contributed by atoms with Crippen molar-refractivity contribution in [1.29, 1.82) is 0 Å². The number of anilines is 1. The molecule has 2 aromatic rings. The standard InChI is InChI=1S/C14H16N4O/c1-11-7-17-13(9-16-11)8-15-10-14(19)18-12-5-3-2-4-6-12/h2-7,9,15H,8,10H2,1H3,(H,18,19). The van der Waals surface area contributed by atoms with Gasteiger partial charge in [-0.2, -0.15) is 0 Å². The average Bonchev–Trinajstić information content (AvgIpc) is 2.42. The first-order valence-corrected chi connectivity index (χ1v) is 6.07. The third-order valence-corrected chi connectivity index (χ3v) is 2.48. The summed E-state index contributed by atoms with van der Waals surface area (Å²) >= 11 is 0. The van der Waals surface area contributed by atoms with E-state index >= 15 is 0 Å². The Hall–Kier alpha value is -2.27. The summed E-state index contributed by atoms with van der Waals surface area (Å²) in [5.41, 5.74) is 2.49. The van der Waals surface area contributed by atoms with Crippen LogP contribution in [0.5, 0.6) is 0 Å². The Kier molecular flexibility index (Phi) is 4.58. The predicted octanol–water partition coefficient (Wildman–Crippen LogP) is 1.51. The summed E-state index contributed by atoms with van der Waals surface area (Å²) in [5.74, 6) is -0.0775. The van der Waals surface area contributed by atoms with Gasteiger partial charge in [-0.1, -0.05) is 18.2 Å². The highest BCUT2D eigenvalue weighted by atomic mass is 16.1. The van der Waals surface area contributed by atoms with Crippen LogP contribution in [0.25, 0.3) is 0 Å². The summed E-state index contributed by atoms with van der Waals surface area (Å²) in [5, 5.41) is 5.83. The lowest BCUT2D eigenvalue weighted by Crippen LogP contribution is -2.28. The highest BCUT2D eigenvalue weighted by Crippen LogP contribution is 2.04. The van der Waals surface area contributed by atoms with Crippen molar-refractivity contribution >= 4 is 11.6 Å². The van der Waals surface area contributed by atoms with Crippen molar-refractivity contribution in [1.82, 2.24) is 15.3 Å². The fourth-order valence-corrected chi connectivity index (χ4v) is 1.54. The molecule has 0 radical (unpaired) electrons. The summed E-state index contributed by atoms with van der Waals surface area (Å²) in [6.45, 7) is 2.65. The number of nitrogens with zero attached hydrogens (tertiary/aromatic N) is 2. The number of nitrogens with one attached hydrogen (secondary N) is 2. The third-order valence-electron chi connectivity index (χ3n) is 2.48. The topological polar surface area (TPSA) is 66.9 Å². The van der Waals surface area contributed by atoms with E-state index < -0.39 is 0 Å². The number of carbonyl (C=O) groups is 1. The molecule has 0 unspecified atom stereocenters. The number of benzene rings is 1. The summed E-state index contributed by atoms with van der Waals surface area (Å²) in [4.78, 5) is 20.0. The van der Waals surface area contributed by atoms with Gasteiger partial charge in [0.2, 0.25) is 5.91 Å². The Morgan fingerprint density at radius 2 is 1.95 bits per heavy atom. The molecule has 0 spiro atoms. The van der Waals surface area contributed by atoms with E-state index in [1.807, 2.05) is 37.3 Å². The Labute approximate surface area is 112 Å². The summed E-state index contributed by atoms with van der Waals surface area (Å²) < 4.78 is 0. The van der Waals surface area contributed by atoms with Crippen LogP contribution >= 0.6 is 0 Å². The van der Waals surface area contributed by atoms with Crippen LogP contribution in [0.15, 0.2) is 42.7 Å². The molecular formula is C14H16N4O. The Balaban J connectivity index is 1.74. The molecule has 2 rings (SSSR count). The molecule has 0 saturated carbocycles. The number of amides is 1. The van der Waals surface area contributed by atoms with E-state index in [9.17, 15) is 4.79 Å². The van der Waals surface area contributed by atoms with Gasteiger partial charge in [-0.25, -0.2) is 0 Å². The number of hydrogen-bond donors (Lipinski definition) is 2. The summed E-state index contributed by atoms with van der Waals surface area (Å²) in [6, 6.07) is 9.37. The van der Waals surface area contributed by atoms with E-state index in [0.717, 1.165) is 17.1 Å². The molecule has 1 heterocycles. The van der Waals surface area contributed by atoms with Crippen LogP contribution in [0.3, 0.4) is 0 Å². The molecule has 0 aliphatic heterocycles. The van der Waals surface area contributed by atoms with Gasteiger partial charge < -0.3 is 10.6 Å². The minimum atomic E-state index is -0.0775. The van der Waals surface area contributed by atoms with Crippen molar-refractivity contribution in [2.75, 3.05) is 11.9 Å². The van der Waals surface area contributed by atoms with Gasteiger partial charge in [0.15, 0.2) is 0 Å². The molecule has 0 saturated heterocycles. The number of hydrogen-bond acceptors (Lipinski definition) is 4. The quantitative estimate of drug-likeness (QED) is 0.851. The average molecular weight is 256 g/mol. The van der Waals surface area contributed by atoms with Crippen molar-refractivity contribution in [3.8, 4) is 0 Å². The Bertz CT molecular complexity index is 525. The summed E-state index contributed by atoms with van der Waals surface area (Å²) in [6.07, 6.45) is 3.42. The number of para-hydroxylation sites is 1. The molecular weight excluding hydrogens is 240 g/mol. The lowest BCUT2D eigenvalue weighted by molar-refractivity contribution is -0.115. The van der Waals surface area contributed by atoms with Gasteiger partial charge >= 0.3 is 0 Å². The van der Waals surface area contributed by atoms with Gasteiger partial charge in [0.05, 0.1) is 17.9 Å². The highest BCUT2D eigenvalue weighted by molar-refractivity contribution is 5.92. The van der Waals surface area contributed by atoms with Crippen LogP contribution in [-0.2, 0) is 11.3 Å². The monoisotopic (exact) mass is 256 g/mol. The molecule has 0 bridgehead atoms. The van der Waals surface area contributed by atoms with Crippen LogP contribution in [0.2, 0.25) is 0 Å². The first-order chi connectivity index (χ1) is 9.24. The van der Waals surface area contributed by atoms with Crippen molar-refractivity contribution in [2.24, 2.45) is 0 Å². The molecule has 98 valence electrons. The number of rotatable bonds is 5. The van der Waals surface area contributed by atoms with Crippen LogP contribution in [-0.4, -0.2) is 22.4 Å². The van der Waals surface area contributed by atoms with Crippen LogP contribution in [0, 0.1) is 6.92 Å². The summed E-state index contributed by atoms with van der Waals surface area (Å²) in [7, 11) is 0. The first-order valence-electron chi connectivity index (χ1n) is 6.07. The zero-order valence-electron chi connectivity index (χ0n) is 10.8. The van der Waals surface area contributed by atoms with E-state index in [1.165, 1.54) is 0 Å². The molecule has 5 nitrogen and oxygen atoms in total. The largest absolute Gasteiger partial charge is 0.325 e. The molecule has 1 amide bonds. The molecule has 0 aliphatic rings. The van der Waals surface area contributed by atoms with E-state index in [-0.39, 0.29) is 12.5 Å². The second kappa shape index (κ2) is 6.61. The van der Waals surface area contributed by atoms with E-state index in [2.05, 4.69) is 20.6 Å². The van der Waals surface area contributed by atoms with E-state index in [4.69, 9.17) is 0 Å². The number of aromatic nitrogens is 2. The maximum atomic E-state index is 11.6. The fourth-order valence-electron chi connectivity index (χ4n) is 1.54. The highest BCUT2D eigenvalue weighted by Gasteiger charge is 2.02. The molecule has 0 atom stereocenters. The van der Waals surface area contributed by atoms with E-state index in [1.54, 1.807) is 12.4 Å². The van der Waals surface area contributed by atoms with Gasteiger partial charge in [-0.05, 0) is 19.1 Å². The maximum absolute atomic E-state index is 11.6. The first kappa shape index (κ1) is 13.2. The third kappa shape index (κ3) is 4.48. The Morgan fingerprint density at radius 3 is 2.63 bits per heavy atom. The molecule has 2 N–H and O–H groups in total. The second-order valence-electron chi connectivity index (χ2n) is 4.17. The van der Waals surface area contributed by atoms with Crippen LogP contribution < -0.4 is 10.6 Å². The van der Waals surface area contributed by atoms with Crippen molar-refractivity contribution in [2.45, 2.75) is 13.5 Å². The minimum absolute atomic E-state index is 0.0775. The van der Waals surface area contributed by atoms with Gasteiger partial charge in [0.25, 0.3) is 0 Å². The predicted molar refractivity (Wildman–Crippen MR) is 73.5 cm³/mol. The van der Waals surface area contributed by atoms with Gasteiger partial charge in [0, 0.05) is 24.6 Å². The lowest BCUT2D eigenvalue weighted by Gasteiger charge is -2.06. The molecule has 1 aromatic heterocycles. The minimum Gasteiger partial charge on any atom is -0.325 e. The van der Waals surface area contributed by atoms with Crippen LogP contribution in [0.4, 0.5) is 5.69 Å². The van der Waals surface area contributed by atoms with Crippen molar-refractivity contribution in [3.05, 3.63) is 54.1 Å². The van der Waals surface area contributed by atoms with Gasteiger partial charge in [-0.3, -0.25) is 14.8 Å². The molecule has 5 heteroatoms. The molecule has 0 fully saturated rings. The smallest absolute Gasteiger partial charge is 0.238 e. The van der Waals surface area contributed by atoms with Crippen molar-refractivity contribution in [3.63, 3.8) is 0 Å². The Morgan fingerprint density at radius 1 is 1.16 bits per heavy atom. The van der Waals surface area contributed by atoms with Crippen LogP contribution in [0.1, 0.15) is 11.4 Å². The number of aryl methyl sites for hydroxylation is 1. The molecule has 19 heavy (non-hydrogen) atoms. The number of carbonyl (C=O) groups excluding carboxylic acids is 1. The molecule has 0 aliphatic carbocycles. The lowest BCUT2D eigenvalue weighted by atomic mass is 10.3. The zero-order chi connectivity index (χ0) is 13.5. The normalized spacial score (nSPS) is 10.2. The zero-order valence-corrected chi connectivity index (χ0v) is 10.8. The molecule has 1 aromatic carbocycles. The van der Waals surface area contributed by atoms with Crippen molar-refractivity contribution < 1.29 is 4.79 Å².